The Kier molecular flexibility index (Phi) is 5.93. The molecular formula is C26H29N3O2S. The average Bonchev–Trinajstić information content (AvgIpc) is 2.79. The molecule has 0 saturated carbocycles. The van der Waals surface area contributed by atoms with Crippen LogP contribution in [0.3, 0.4) is 0 Å². The van der Waals surface area contributed by atoms with E-state index in [0.29, 0.717) is 6.54 Å². The summed E-state index contributed by atoms with van der Waals surface area (Å²) in [5.41, 5.74) is 3.22. The van der Waals surface area contributed by atoms with E-state index in [1.807, 2.05) is 79.7 Å². The molecule has 0 N–H and O–H groups in total. The largest absolute Gasteiger partial charge is 0.280 e. The summed E-state index contributed by atoms with van der Waals surface area (Å²) in [4.78, 5) is 2.43. The maximum absolute atomic E-state index is 13.9. The maximum atomic E-state index is 13.9. The van der Waals surface area contributed by atoms with Gasteiger partial charge in [0.2, 0.25) is 0 Å². The summed E-state index contributed by atoms with van der Waals surface area (Å²) in [6, 6.07) is 26.4. The van der Waals surface area contributed by atoms with Gasteiger partial charge >= 0.3 is 0 Å². The zero-order valence-corrected chi connectivity index (χ0v) is 19.8. The Bertz CT molecular complexity index is 1200. The number of hydrazone groups is 1. The molecule has 0 amide bonds. The summed E-state index contributed by atoms with van der Waals surface area (Å²) in [7, 11) is -3.91. The summed E-state index contributed by atoms with van der Waals surface area (Å²) >= 11 is 0. The molecule has 166 valence electrons. The van der Waals surface area contributed by atoms with Crippen LogP contribution in [0.5, 0.6) is 0 Å². The van der Waals surface area contributed by atoms with Gasteiger partial charge in [-0.05, 0) is 51.0 Å². The third-order valence-corrected chi connectivity index (χ3v) is 7.32. The molecule has 4 rings (SSSR count). The average molecular weight is 448 g/mol. The van der Waals surface area contributed by atoms with Gasteiger partial charge in [0.15, 0.2) is 0 Å². The van der Waals surface area contributed by atoms with Crippen molar-refractivity contribution in [2.45, 2.75) is 44.3 Å². The molecule has 3 aromatic rings. The second-order valence-electron chi connectivity index (χ2n) is 9.09. The summed E-state index contributed by atoms with van der Waals surface area (Å²) in [6.45, 7) is 8.79. The second kappa shape index (κ2) is 8.52. The fraction of sp³-hybridized carbons (Fsp3) is 0.269. The van der Waals surface area contributed by atoms with E-state index in [0.717, 1.165) is 22.4 Å². The highest BCUT2D eigenvalue weighted by molar-refractivity contribution is 7.89. The lowest BCUT2D eigenvalue weighted by Crippen LogP contribution is -2.55. The first-order valence-electron chi connectivity index (χ1n) is 10.7. The first kappa shape index (κ1) is 22.2. The maximum Gasteiger partial charge on any atom is 0.280 e. The highest BCUT2D eigenvalue weighted by atomic mass is 32.2. The minimum absolute atomic E-state index is 0.232. The van der Waals surface area contributed by atoms with Gasteiger partial charge in [0.1, 0.15) is 6.17 Å². The number of sulfonamides is 1. The van der Waals surface area contributed by atoms with E-state index in [2.05, 4.69) is 25.7 Å². The van der Waals surface area contributed by atoms with E-state index < -0.39 is 16.2 Å². The van der Waals surface area contributed by atoms with E-state index in [1.165, 1.54) is 4.41 Å². The lowest BCUT2D eigenvalue weighted by molar-refractivity contribution is 0.0250. The lowest BCUT2D eigenvalue weighted by atomic mass is 9.99. The molecular weight excluding hydrogens is 418 g/mol. The summed E-state index contributed by atoms with van der Waals surface area (Å²) in [5, 5.41) is 4.76. The molecule has 0 spiro atoms. The normalized spacial score (nSPS) is 17.8. The molecule has 5 nitrogen and oxygen atoms in total. The molecule has 1 aliphatic heterocycles. The second-order valence-corrected chi connectivity index (χ2v) is 10.9. The smallest absolute Gasteiger partial charge is 0.266 e. The predicted molar refractivity (Wildman–Crippen MR) is 129 cm³/mol. The highest BCUT2D eigenvalue weighted by Crippen LogP contribution is 2.38. The topological polar surface area (TPSA) is 53.0 Å². The van der Waals surface area contributed by atoms with Gasteiger partial charge in [0, 0.05) is 12.1 Å². The summed E-state index contributed by atoms with van der Waals surface area (Å²) in [5.74, 6) is 0. The molecule has 3 aromatic carbocycles. The molecule has 0 bridgehead atoms. The zero-order valence-electron chi connectivity index (χ0n) is 18.9. The van der Waals surface area contributed by atoms with Crippen LogP contribution in [-0.4, -0.2) is 35.5 Å². The Morgan fingerprint density at radius 2 is 1.41 bits per heavy atom. The van der Waals surface area contributed by atoms with E-state index in [9.17, 15) is 8.42 Å². The molecule has 0 fully saturated rings. The van der Waals surface area contributed by atoms with Gasteiger partial charge in [0.25, 0.3) is 10.0 Å². The van der Waals surface area contributed by atoms with Crippen LogP contribution in [0.4, 0.5) is 0 Å². The van der Waals surface area contributed by atoms with Crippen molar-refractivity contribution in [1.29, 1.82) is 0 Å². The molecule has 0 aromatic heterocycles. The highest BCUT2D eigenvalue weighted by Gasteiger charge is 2.43. The summed E-state index contributed by atoms with van der Waals surface area (Å²) < 4.78 is 29.1. The standard InChI is InChI=1S/C26H29N3O2S/c1-20-15-17-23(18-16-20)32(30,31)29-25(22-13-9-6-10-14-22)28(26(2,3)4)19-24(27-29)21-11-7-5-8-12-21/h5-18,25H,19H2,1-4H3. The van der Waals surface area contributed by atoms with Gasteiger partial charge in [-0.3, -0.25) is 4.90 Å². The molecule has 1 aliphatic rings. The van der Waals surface area contributed by atoms with Crippen LogP contribution in [0, 0.1) is 6.92 Å². The SMILES string of the molecule is Cc1ccc(S(=O)(=O)N2N=C(c3ccccc3)CN(C(C)(C)C)C2c2ccccc2)cc1. The number of hydrogen-bond acceptors (Lipinski definition) is 4. The van der Waals surface area contributed by atoms with Crippen molar-refractivity contribution in [1.82, 2.24) is 9.31 Å². The Hall–Kier alpha value is -2.96. The van der Waals surface area contributed by atoms with Crippen LogP contribution >= 0.6 is 0 Å². The first-order chi connectivity index (χ1) is 15.2. The third kappa shape index (κ3) is 4.33. The molecule has 32 heavy (non-hydrogen) atoms. The third-order valence-electron chi connectivity index (χ3n) is 5.68. The monoisotopic (exact) mass is 447 g/mol. The van der Waals surface area contributed by atoms with Gasteiger partial charge < -0.3 is 0 Å². The molecule has 1 atom stereocenters. The molecule has 0 saturated heterocycles. The van der Waals surface area contributed by atoms with Crippen molar-refractivity contribution in [3.05, 3.63) is 102 Å². The number of rotatable bonds is 4. The van der Waals surface area contributed by atoms with Crippen molar-refractivity contribution < 1.29 is 8.42 Å². The Morgan fingerprint density at radius 1 is 0.844 bits per heavy atom. The van der Waals surface area contributed by atoms with Crippen LogP contribution in [0.2, 0.25) is 0 Å². The minimum atomic E-state index is -3.91. The van der Waals surface area contributed by atoms with Gasteiger partial charge in [-0.2, -0.15) is 17.9 Å². The van der Waals surface area contributed by atoms with E-state index in [-0.39, 0.29) is 10.4 Å². The first-order valence-corrected chi connectivity index (χ1v) is 12.2. The molecule has 0 aliphatic carbocycles. The van der Waals surface area contributed by atoms with Crippen molar-refractivity contribution in [2.24, 2.45) is 5.10 Å². The molecule has 6 heteroatoms. The van der Waals surface area contributed by atoms with E-state index in [1.54, 1.807) is 12.1 Å². The number of hydrogen-bond donors (Lipinski definition) is 0. The quantitative estimate of drug-likeness (QED) is 0.552. The van der Waals surface area contributed by atoms with Gasteiger partial charge in [-0.15, -0.1) is 0 Å². The van der Waals surface area contributed by atoms with Crippen LogP contribution in [0.1, 0.15) is 43.6 Å². The van der Waals surface area contributed by atoms with Crippen LogP contribution in [0.15, 0.2) is 94.9 Å². The van der Waals surface area contributed by atoms with Crippen LogP contribution in [0.25, 0.3) is 0 Å². The van der Waals surface area contributed by atoms with Gasteiger partial charge in [0.05, 0.1) is 10.6 Å². The van der Waals surface area contributed by atoms with Gasteiger partial charge in [-0.1, -0.05) is 78.4 Å². The lowest BCUT2D eigenvalue weighted by Gasteiger charge is -2.47. The van der Waals surface area contributed by atoms with Crippen molar-refractivity contribution >= 4 is 15.7 Å². The van der Waals surface area contributed by atoms with Crippen molar-refractivity contribution in [3.63, 3.8) is 0 Å². The Balaban J connectivity index is 1.94. The molecule has 0 radical (unpaired) electrons. The zero-order chi connectivity index (χ0) is 22.9. The van der Waals surface area contributed by atoms with Gasteiger partial charge in [-0.25, -0.2) is 0 Å². The van der Waals surface area contributed by atoms with Crippen molar-refractivity contribution in [2.75, 3.05) is 6.54 Å². The Labute approximate surface area is 191 Å². The summed E-state index contributed by atoms with van der Waals surface area (Å²) in [6.07, 6.45) is -0.560. The van der Waals surface area contributed by atoms with E-state index >= 15 is 0 Å². The number of aryl methyl sites for hydroxylation is 1. The number of benzene rings is 3. The molecule has 1 unspecified atom stereocenters. The molecule has 1 heterocycles. The van der Waals surface area contributed by atoms with Crippen LogP contribution in [-0.2, 0) is 10.0 Å². The van der Waals surface area contributed by atoms with Crippen molar-refractivity contribution in [3.8, 4) is 0 Å². The fourth-order valence-electron chi connectivity index (χ4n) is 3.89. The fourth-order valence-corrected chi connectivity index (χ4v) is 5.29. The Morgan fingerprint density at radius 3 is 1.97 bits per heavy atom. The predicted octanol–water partition coefficient (Wildman–Crippen LogP) is 5.20. The number of nitrogens with zero attached hydrogens (tertiary/aromatic N) is 3. The van der Waals surface area contributed by atoms with Crippen LogP contribution < -0.4 is 0 Å². The van der Waals surface area contributed by atoms with E-state index in [4.69, 9.17) is 5.10 Å². The minimum Gasteiger partial charge on any atom is -0.266 e.